The van der Waals surface area contributed by atoms with Crippen LogP contribution in [-0.4, -0.2) is 130 Å². The summed E-state index contributed by atoms with van der Waals surface area (Å²) in [5.41, 5.74) is 0.299. The summed E-state index contributed by atoms with van der Waals surface area (Å²) >= 11 is 5.64. The lowest BCUT2D eigenvalue weighted by molar-refractivity contribution is -0.139. The molecule has 0 bridgehead atoms. The van der Waals surface area contributed by atoms with Crippen LogP contribution in [0.4, 0.5) is 0 Å². The second kappa shape index (κ2) is 30.8. The molecule has 12 heteroatoms. The van der Waals surface area contributed by atoms with Crippen LogP contribution >= 0.6 is 11.6 Å². The topological polar surface area (TPSA) is 117 Å². The van der Waals surface area contributed by atoms with Gasteiger partial charge in [-0.25, -0.2) is 4.79 Å². The van der Waals surface area contributed by atoms with Gasteiger partial charge in [-0.15, -0.1) is 11.6 Å². The Hall–Kier alpha value is -1.67. The van der Waals surface area contributed by atoms with Crippen molar-refractivity contribution in [1.29, 1.82) is 0 Å². The molecular weight excluding hydrogens is 572 g/mol. The second-order valence-corrected chi connectivity index (χ2v) is 9.21. The van der Waals surface area contributed by atoms with E-state index in [9.17, 15) is 9.59 Å². The minimum Gasteiger partial charge on any atom is -0.457 e. The van der Waals surface area contributed by atoms with Crippen molar-refractivity contribution >= 4 is 23.4 Å². The molecule has 0 radical (unpaired) electrons. The number of hydrogen-bond acceptors (Lipinski definition) is 11. The molecule has 0 fully saturated rings. The lowest BCUT2D eigenvalue weighted by Gasteiger charge is -2.09. The van der Waals surface area contributed by atoms with Gasteiger partial charge in [0.25, 0.3) is 5.78 Å². The quantitative estimate of drug-likeness (QED) is 0.0388. The van der Waals surface area contributed by atoms with Crippen LogP contribution in [0.25, 0.3) is 0 Å². The SMILES string of the molecule is O=C(OCCOCCOCCOCCOCCOCCOCCOCCOCCCCCCCl)C(=O)c1ccccc1. The summed E-state index contributed by atoms with van der Waals surface area (Å²) < 4.78 is 48.4. The lowest BCUT2D eigenvalue weighted by atomic mass is 10.1. The molecule has 0 amide bonds. The van der Waals surface area contributed by atoms with Crippen LogP contribution in [-0.2, 0) is 47.4 Å². The summed E-state index contributed by atoms with van der Waals surface area (Å²) in [6.45, 7) is 7.77. The highest BCUT2D eigenvalue weighted by Gasteiger charge is 2.17. The third-order valence-corrected chi connectivity index (χ3v) is 5.73. The maximum absolute atomic E-state index is 11.9. The maximum atomic E-state index is 11.9. The van der Waals surface area contributed by atoms with Crippen LogP contribution in [0.15, 0.2) is 30.3 Å². The number of unbranched alkanes of at least 4 members (excludes halogenated alkanes) is 3. The smallest absolute Gasteiger partial charge is 0.379 e. The van der Waals surface area contributed by atoms with E-state index in [4.69, 9.17) is 54.2 Å². The van der Waals surface area contributed by atoms with Gasteiger partial charge in [-0.05, 0) is 12.8 Å². The van der Waals surface area contributed by atoms with Gasteiger partial charge in [-0.2, -0.15) is 0 Å². The fourth-order valence-electron chi connectivity index (χ4n) is 3.26. The predicted octanol–water partition coefficient (Wildman–Crippen LogP) is 3.34. The first-order valence-electron chi connectivity index (χ1n) is 14.7. The van der Waals surface area contributed by atoms with Crippen molar-refractivity contribution in [2.45, 2.75) is 25.7 Å². The highest BCUT2D eigenvalue weighted by Crippen LogP contribution is 2.02. The summed E-state index contributed by atoms with van der Waals surface area (Å²) in [7, 11) is 0. The number of carbonyl (C=O) groups is 2. The van der Waals surface area contributed by atoms with Crippen LogP contribution in [0, 0.1) is 0 Å². The molecule has 0 aliphatic carbocycles. The standard InChI is InChI=1S/C30H49ClO11/c31-10-6-1-2-7-11-34-12-13-35-14-15-36-16-17-37-18-19-38-20-21-39-22-23-40-24-25-41-26-27-42-30(33)29(32)28-8-4-3-5-9-28/h3-5,8-9H,1-2,6-7,10-27H2. The summed E-state index contributed by atoms with van der Waals surface area (Å²) in [4.78, 5) is 23.6. The molecule has 11 nitrogen and oxygen atoms in total. The Morgan fingerprint density at radius 3 is 1.21 bits per heavy atom. The predicted molar refractivity (Wildman–Crippen MR) is 157 cm³/mol. The second-order valence-electron chi connectivity index (χ2n) is 8.83. The first-order chi connectivity index (χ1) is 20.8. The maximum Gasteiger partial charge on any atom is 0.379 e. The van der Waals surface area contributed by atoms with Gasteiger partial charge in [-0.3, -0.25) is 4.79 Å². The highest BCUT2D eigenvalue weighted by atomic mass is 35.5. The van der Waals surface area contributed by atoms with Gasteiger partial charge in [0.1, 0.15) is 6.61 Å². The molecule has 1 aromatic rings. The number of rotatable bonds is 32. The molecule has 0 unspecified atom stereocenters. The summed E-state index contributed by atoms with van der Waals surface area (Å²) in [6.07, 6.45) is 4.47. The summed E-state index contributed by atoms with van der Waals surface area (Å²) in [5.74, 6) is -0.828. The molecule has 0 saturated carbocycles. The monoisotopic (exact) mass is 620 g/mol. The van der Waals surface area contributed by atoms with Crippen molar-refractivity contribution in [3.8, 4) is 0 Å². The number of ether oxygens (including phenoxy) is 9. The molecule has 0 saturated heterocycles. The minimum absolute atomic E-state index is 0.00251. The average molecular weight is 621 g/mol. The molecular formula is C30H49ClO11. The van der Waals surface area contributed by atoms with Crippen molar-refractivity contribution < 1.29 is 52.2 Å². The molecule has 0 atom stereocenters. The molecule has 0 aromatic heterocycles. The number of esters is 1. The van der Waals surface area contributed by atoms with E-state index in [2.05, 4.69) is 0 Å². The normalized spacial score (nSPS) is 11.2. The fraction of sp³-hybridized carbons (Fsp3) is 0.733. The van der Waals surface area contributed by atoms with Crippen molar-refractivity contribution in [3.63, 3.8) is 0 Å². The average Bonchev–Trinajstić information content (AvgIpc) is 3.02. The summed E-state index contributed by atoms with van der Waals surface area (Å²) in [6, 6.07) is 8.27. The Kier molecular flexibility index (Phi) is 28.1. The zero-order chi connectivity index (χ0) is 30.2. The van der Waals surface area contributed by atoms with Crippen LogP contribution in [0.3, 0.4) is 0 Å². The number of carbonyl (C=O) groups excluding carboxylic acids is 2. The zero-order valence-electron chi connectivity index (χ0n) is 24.8. The zero-order valence-corrected chi connectivity index (χ0v) is 25.6. The Morgan fingerprint density at radius 2 is 0.810 bits per heavy atom. The van der Waals surface area contributed by atoms with E-state index in [-0.39, 0.29) is 13.2 Å². The van der Waals surface area contributed by atoms with Crippen molar-refractivity contribution in [1.82, 2.24) is 0 Å². The van der Waals surface area contributed by atoms with Crippen LogP contribution in [0.2, 0.25) is 0 Å². The Morgan fingerprint density at radius 1 is 0.452 bits per heavy atom. The molecule has 0 spiro atoms. The third-order valence-electron chi connectivity index (χ3n) is 5.46. The molecule has 0 aliphatic heterocycles. The van der Waals surface area contributed by atoms with Gasteiger partial charge < -0.3 is 42.6 Å². The van der Waals surface area contributed by atoms with Crippen molar-refractivity contribution in [2.75, 3.05) is 118 Å². The summed E-state index contributed by atoms with van der Waals surface area (Å²) in [5, 5.41) is 0. The van der Waals surface area contributed by atoms with E-state index in [1.165, 1.54) is 0 Å². The number of halogens is 1. The van der Waals surface area contributed by atoms with Crippen LogP contribution in [0.5, 0.6) is 0 Å². The molecule has 0 heterocycles. The number of ketones is 1. The molecule has 0 N–H and O–H groups in total. The number of hydrogen-bond donors (Lipinski definition) is 0. The van der Waals surface area contributed by atoms with E-state index in [1.54, 1.807) is 30.3 Å². The number of alkyl halides is 1. The largest absolute Gasteiger partial charge is 0.457 e. The Bertz CT molecular complexity index is 739. The fourth-order valence-corrected chi connectivity index (χ4v) is 3.45. The Balaban J connectivity index is 1.68. The van der Waals surface area contributed by atoms with Crippen molar-refractivity contribution in [2.24, 2.45) is 0 Å². The van der Waals surface area contributed by atoms with Gasteiger partial charge >= 0.3 is 5.97 Å². The van der Waals surface area contributed by atoms with Gasteiger partial charge in [0.15, 0.2) is 0 Å². The van der Waals surface area contributed by atoms with Crippen LogP contribution < -0.4 is 0 Å². The van der Waals surface area contributed by atoms with Crippen molar-refractivity contribution in [3.05, 3.63) is 35.9 Å². The Labute approximate surface area is 255 Å². The van der Waals surface area contributed by atoms with E-state index in [0.29, 0.717) is 98.1 Å². The first-order valence-corrected chi connectivity index (χ1v) is 15.2. The third kappa shape index (κ3) is 24.9. The first kappa shape index (κ1) is 38.4. The van der Waals surface area contributed by atoms with E-state index < -0.39 is 11.8 Å². The van der Waals surface area contributed by atoms with Crippen LogP contribution in [0.1, 0.15) is 36.0 Å². The van der Waals surface area contributed by atoms with Gasteiger partial charge in [0, 0.05) is 18.1 Å². The lowest BCUT2D eigenvalue weighted by Crippen LogP contribution is -2.20. The number of benzene rings is 1. The molecule has 242 valence electrons. The van der Waals surface area contributed by atoms with Gasteiger partial charge in [0.2, 0.25) is 0 Å². The minimum atomic E-state index is -0.893. The van der Waals surface area contributed by atoms with E-state index >= 15 is 0 Å². The molecule has 1 rings (SSSR count). The molecule has 0 aliphatic rings. The van der Waals surface area contributed by atoms with E-state index in [1.807, 2.05) is 0 Å². The highest BCUT2D eigenvalue weighted by molar-refractivity contribution is 6.40. The van der Waals surface area contributed by atoms with E-state index in [0.717, 1.165) is 38.2 Å². The molecule has 1 aromatic carbocycles. The van der Waals surface area contributed by atoms with Gasteiger partial charge in [0.05, 0.1) is 99.1 Å². The van der Waals surface area contributed by atoms with Gasteiger partial charge in [-0.1, -0.05) is 43.2 Å². The molecule has 42 heavy (non-hydrogen) atoms. The number of Topliss-reactive ketones (excluding diaryl/α,β-unsaturated/α-hetero) is 1.